The highest BCUT2D eigenvalue weighted by Gasteiger charge is 2.66. The van der Waals surface area contributed by atoms with E-state index in [0.717, 1.165) is 12.1 Å². The van der Waals surface area contributed by atoms with Gasteiger partial charge in [-0.05, 0) is 30.3 Å². The van der Waals surface area contributed by atoms with Gasteiger partial charge in [-0.3, -0.25) is 0 Å². The summed E-state index contributed by atoms with van der Waals surface area (Å²) in [6, 6.07) is 5.20. The van der Waals surface area contributed by atoms with Crippen molar-refractivity contribution in [1.29, 1.82) is 0 Å². The third kappa shape index (κ3) is 2.33. The summed E-state index contributed by atoms with van der Waals surface area (Å²) in [6.45, 7) is 0. The number of aromatic carboxylic acids is 1. The van der Waals surface area contributed by atoms with Crippen LogP contribution in [0.15, 0.2) is 36.5 Å². The predicted molar refractivity (Wildman–Crippen MR) is 67.2 cm³/mol. The molecule has 5 nitrogen and oxygen atoms in total. The number of rotatable bonds is 3. The molecule has 1 aromatic carbocycles. The second kappa shape index (κ2) is 4.83. The van der Waals surface area contributed by atoms with Gasteiger partial charge in [0.1, 0.15) is 17.1 Å². The quantitative estimate of drug-likeness (QED) is 0.871. The molecule has 0 atom stereocenters. The second-order valence-corrected chi connectivity index (χ2v) is 4.61. The number of ether oxygens (including phenoxy) is 2. The van der Waals surface area contributed by atoms with E-state index in [0.29, 0.717) is 6.07 Å². The summed E-state index contributed by atoms with van der Waals surface area (Å²) < 4.78 is 62.5. The molecule has 3 rings (SSSR count). The van der Waals surface area contributed by atoms with Crippen LogP contribution in [0.2, 0.25) is 0 Å². The Bertz CT molecular complexity index is 794. The SMILES string of the molecule is O=C(O)c1cccnc1Oc1ccc2c(c1)C(F)(F)C(F)(F)O2. The summed E-state index contributed by atoms with van der Waals surface area (Å²) >= 11 is 0. The number of carboxylic acids is 1. The van der Waals surface area contributed by atoms with Crippen molar-refractivity contribution in [3.63, 3.8) is 0 Å². The number of fused-ring (bicyclic) bond motifs is 1. The van der Waals surface area contributed by atoms with Crippen LogP contribution < -0.4 is 9.47 Å². The minimum atomic E-state index is -4.66. The molecule has 0 fully saturated rings. The molecule has 1 aromatic heterocycles. The summed E-state index contributed by atoms with van der Waals surface area (Å²) in [5, 5.41) is 8.99. The first-order chi connectivity index (χ1) is 10.7. The number of halogens is 4. The Morgan fingerprint density at radius 3 is 2.65 bits per heavy atom. The van der Waals surface area contributed by atoms with Crippen LogP contribution in [0.3, 0.4) is 0 Å². The molecule has 0 unspecified atom stereocenters. The lowest BCUT2D eigenvalue weighted by molar-refractivity contribution is -0.296. The van der Waals surface area contributed by atoms with Crippen molar-refractivity contribution in [3.05, 3.63) is 47.7 Å². The van der Waals surface area contributed by atoms with Gasteiger partial charge < -0.3 is 14.6 Å². The van der Waals surface area contributed by atoms with Crippen LogP contribution >= 0.6 is 0 Å². The predicted octanol–water partition coefficient (Wildman–Crippen LogP) is 3.65. The standard InChI is InChI=1S/C14H7F4NO4/c15-13(16)9-6-7(3-4-10(9)23-14(13,17)18)22-11-8(12(20)21)2-1-5-19-11/h1-6H,(H,20,21). The van der Waals surface area contributed by atoms with Crippen LogP contribution in [0, 0.1) is 0 Å². The highest BCUT2D eigenvalue weighted by Crippen LogP contribution is 2.54. The van der Waals surface area contributed by atoms with Gasteiger partial charge in [0.15, 0.2) is 0 Å². The summed E-state index contributed by atoms with van der Waals surface area (Å²) in [6.07, 6.45) is -3.42. The summed E-state index contributed by atoms with van der Waals surface area (Å²) in [5.74, 6) is -7.16. The molecule has 1 N–H and O–H groups in total. The van der Waals surface area contributed by atoms with Crippen LogP contribution in [-0.4, -0.2) is 22.2 Å². The largest absolute Gasteiger partial charge is 0.477 e. The maximum atomic E-state index is 13.6. The summed E-state index contributed by atoms with van der Waals surface area (Å²) in [4.78, 5) is 14.7. The van der Waals surface area contributed by atoms with E-state index in [1.165, 1.54) is 18.3 Å². The average molecular weight is 329 g/mol. The summed E-state index contributed by atoms with van der Waals surface area (Å²) in [7, 11) is 0. The monoisotopic (exact) mass is 329 g/mol. The average Bonchev–Trinajstić information content (AvgIpc) is 2.65. The van der Waals surface area contributed by atoms with E-state index in [4.69, 9.17) is 9.84 Å². The number of benzene rings is 1. The van der Waals surface area contributed by atoms with Crippen molar-refractivity contribution in [2.24, 2.45) is 0 Å². The Balaban J connectivity index is 1.98. The highest BCUT2D eigenvalue weighted by molar-refractivity contribution is 5.90. The first-order valence-corrected chi connectivity index (χ1v) is 6.18. The van der Waals surface area contributed by atoms with Gasteiger partial charge in [-0.1, -0.05) is 0 Å². The molecule has 0 amide bonds. The Kier molecular flexibility index (Phi) is 3.17. The number of carbonyl (C=O) groups is 1. The fourth-order valence-electron chi connectivity index (χ4n) is 2.01. The van der Waals surface area contributed by atoms with Gasteiger partial charge in [0.2, 0.25) is 5.88 Å². The lowest BCUT2D eigenvalue weighted by Gasteiger charge is -2.16. The Morgan fingerprint density at radius 2 is 1.96 bits per heavy atom. The number of aromatic nitrogens is 1. The van der Waals surface area contributed by atoms with E-state index in [2.05, 4.69) is 9.72 Å². The Morgan fingerprint density at radius 1 is 1.22 bits per heavy atom. The number of carboxylic acid groups (broad SMARTS) is 1. The summed E-state index contributed by atoms with van der Waals surface area (Å²) in [5.41, 5.74) is -1.35. The zero-order valence-electron chi connectivity index (χ0n) is 11.1. The maximum absolute atomic E-state index is 13.6. The molecule has 2 aromatic rings. The fraction of sp³-hybridized carbons (Fsp3) is 0.143. The number of nitrogens with zero attached hydrogens (tertiary/aromatic N) is 1. The Labute approximate surface area is 126 Å². The van der Waals surface area contributed by atoms with E-state index in [1.54, 1.807) is 0 Å². The molecule has 0 aliphatic carbocycles. The number of alkyl halides is 4. The maximum Gasteiger partial charge on any atom is 0.469 e. The van der Waals surface area contributed by atoms with Crippen molar-refractivity contribution in [3.8, 4) is 17.4 Å². The molecule has 23 heavy (non-hydrogen) atoms. The topological polar surface area (TPSA) is 68.7 Å². The van der Waals surface area contributed by atoms with Crippen LogP contribution in [0.4, 0.5) is 17.6 Å². The van der Waals surface area contributed by atoms with E-state index in [1.807, 2.05) is 0 Å². The van der Waals surface area contributed by atoms with Crippen LogP contribution in [-0.2, 0) is 5.92 Å². The van der Waals surface area contributed by atoms with Gasteiger partial charge >= 0.3 is 18.0 Å². The lowest BCUT2D eigenvalue weighted by atomic mass is 10.1. The normalized spacial score (nSPS) is 17.2. The van der Waals surface area contributed by atoms with Crippen LogP contribution in [0.1, 0.15) is 15.9 Å². The molecule has 0 spiro atoms. The van der Waals surface area contributed by atoms with Gasteiger partial charge in [-0.15, -0.1) is 0 Å². The minimum Gasteiger partial charge on any atom is -0.477 e. The van der Waals surface area contributed by atoms with Crippen LogP contribution in [0.5, 0.6) is 17.4 Å². The molecule has 1 aliphatic heterocycles. The van der Waals surface area contributed by atoms with Crippen molar-refractivity contribution >= 4 is 5.97 Å². The molecule has 0 saturated heterocycles. The van der Waals surface area contributed by atoms with Gasteiger partial charge in [0.25, 0.3) is 0 Å². The van der Waals surface area contributed by atoms with Crippen molar-refractivity contribution in [1.82, 2.24) is 4.98 Å². The molecule has 0 saturated carbocycles. The zero-order chi connectivity index (χ0) is 16.8. The van der Waals surface area contributed by atoms with Gasteiger partial charge in [0.05, 0.1) is 5.56 Å². The molecular formula is C14H7F4NO4. The third-order valence-corrected chi connectivity index (χ3v) is 3.11. The number of pyridine rings is 1. The van der Waals surface area contributed by atoms with Crippen molar-refractivity contribution in [2.45, 2.75) is 12.0 Å². The molecule has 0 bridgehead atoms. The molecule has 9 heteroatoms. The third-order valence-electron chi connectivity index (χ3n) is 3.11. The Hall–Kier alpha value is -2.84. The number of hydrogen-bond acceptors (Lipinski definition) is 4. The lowest BCUT2D eigenvalue weighted by Crippen LogP contribution is -2.36. The second-order valence-electron chi connectivity index (χ2n) is 4.61. The van der Waals surface area contributed by atoms with E-state index >= 15 is 0 Å². The molecule has 120 valence electrons. The molecule has 2 heterocycles. The van der Waals surface area contributed by atoms with Gasteiger partial charge in [-0.2, -0.15) is 17.6 Å². The van der Waals surface area contributed by atoms with E-state index < -0.39 is 29.3 Å². The van der Waals surface area contributed by atoms with Crippen molar-refractivity contribution < 1.29 is 36.9 Å². The zero-order valence-corrected chi connectivity index (χ0v) is 11.1. The van der Waals surface area contributed by atoms with Gasteiger partial charge in [-0.25, -0.2) is 9.78 Å². The number of hydrogen-bond donors (Lipinski definition) is 1. The van der Waals surface area contributed by atoms with Crippen molar-refractivity contribution in [2.75, 3.05) is 0 Å². The molecular weight excluding hydrogens is 322 g/mol. The molecule has 1 aliphatic rings. The van der Waals surface area contributed by atoms with Gasteiger partial charge in [0, 0.05) is 6.20 Å². The van der Waals surface area contributed by atoms with E-state index in [9.17, 15) is 22.4 Å². The first-order valence-electron chi connectivity index (χ1n) is 6.18. The van der Waals surface area contributed by atoms with E-state index in [-0.39, 0.29) is 17.2 Å². The van der Waals surface area contributed by atoms with Crippen LogP contribution in [0.25, 0.3) is 0 Å². The fourth-order valence-corrected chi connectivity index (χ4v) is 2.01. The smallest absolute Gasteiger partial charge is 0.469 e. The highest BCUT2D eigenvalue weighted by atomic mass is 19.3. The molecule has 0 radical (unpaired) electrons. The minimum absolute atomic E-state index is 0.272. The first kappa shape index (κ1) is 15.1.